The summed E-state index contributed by atoms with van der Waals surface area (Å²) < 4.78 is 12.9. The van der Waals surface area contributed by atoms with Gasteiger partial charge >= 0.3 is 6.03 Å². The lowest BCUT2D eigenvalue weighted by molar-refractivity contribution is -0.897. The number of para-hydroxylation sites is 2. The molecule has 2 aromatic carbocycles. The predicted octanol–water partition coefficient (Wildman–Crippen LogP) is 1.54. The SMILES string of the molecule is O=C(C[NH+]1CCC(NC(=O)Nc2ccc(F)cc2)CC1)Nc1ccccc1[N+](=O)[O-]. The zero-order chi connectivity index (χ0) is 21.5. The second kappa shape index (κ2) is 9.79. The number of nitrogens with zero attached hydrogens (tertiary/aromatic N) is 1. The minimum atomic E-state index is -0.531. The van der Waals surface area contributed by atoms with Gasteiger partial charge in [0.05, 0.1) is 18.0 Å². The lowest BCUT2D eigenvalue weighted by Gasteiger charge is -2.29. The van der Waals surface area contributed by atoms with Gasteiger partial charge in [-0.1, -0.05) is 12.1 Å². The molecule has 0 bridgehead atoms. The second-order valence-electron chi connectivity index (χ2n) is 7.13. The quantitative estimate of drug-likeness (QED) is 0.422. The Labute approximate surface area is 172 Å². The van der Waals surface area contributed by atoms with Gasteiger partial charge < -0.3 is 20.9 Å². The molecular weight excluding hydrogens is 393 g/mol. The van der Waals surface area contributed by atoms with Gasteiger partial charge in [0, 0.05) is 30.6 Å². The smallest absolute Gasteiger partial charge is 0.319 e. The Morgan fingerprint density at radius 1 is 1.07 bits per heavy atom. The molecule has 1 fully saturated rings. The minimum absolute atomic E-state index is 0.0209. The molecular formula is C20H23FN5O4+. The van der Waals surface area contributed by atoms with Crippen molar-refractivity contribution in [2.75, 3.05) is 30.3 Å². The number of piperidine rings is 1. The number of quaternary nitrogens is 1. The van der Waals surface area contributed by atoms with Crippen LogP contribution in [0, 0.1) is 15.9 Å². The van der Waals surface area contributed by atoms with Crippen LogP contribution < -0.4 is 20.9 Å². The van der Waals surface area contributed by atoms with Crippen molar-refractivity contribution in [3.05, 3.63) is 64.5 Å². The fourth-order valence-electron chi connectivity index (χ4n) is 3.39. The average molecular weight is 416 g/mol. The van der Waals surface area contributed by atoms with Crippen molar-refractivity contribution in [3.8, 4) is 0 Å². The first-order chi connectivity index (χ1) is 14.4. The van der Waals surface area contributed by atoms with Crippen molar-refractivity contribution in [3.63, 3.8) is 0 Å². The molecule has 4 N–H and O–H groups in total. The van der Waals surface area contributed by atoms with Crippen LogP contribution in [0.15, 0.2) is 48.5 Å². The Morgan fingerprint density at radius 2 is 1.73 bits per heavy atom. The van der Waals surface area contributed by atoms with E-state index < -0.39 is 4.92 Å². The Morgan fingerprint density at radius 3 is 2.40 bits per heavy atom. The Balaban J connectivity index is 1.42. The van der Waals surface area contributed by atoms with E-state index in [-0.39, 0.29) is 41.7 Å². The Kier molecular flexibility index (Phi) is 6.91. The third kappa shape index (κ3) is 5.98. The highest BCUT2D eigenvalue weighted by Gasteiger charge is 2.26. The van der Waals surface area contributed by atoms with Gasteiger partial charge in [0.15, 0.2) is 6.54 Å². The molecule has 0 radical (unpaired) electrons. The van der Waals surface area contributed by atoms with Crippen LogP contribution in [0.2, 0.25) is 0 Å². The second-order valence-corrected chi connectivity index (χ2v) is 7.13. The van der Waals surface area contributed by atoms with E-state index in [1.54, 1.807) is 12.1 Å². The highest BCUT2D eigenvalue weighted by molar-refractivity contribution is 5.93. The summed E-state index contributed by atoms with van der Waals surface area (Å²) in [5.74, 6) is -0.665. The highest BCUT2D eigenvalue weighted by Crippen LogP contribution is 2.22. The maximum Gasteiger partial charge on any atom is 0.319 e. The lowest BCUT2D eigenvalue weighted by atomic mass is 10.1. The molecule has 0 aliphatic carbocycles. The largest absolute Gasteiger partial charge is 0.335 e. The summed E-state index contributed by atoms with van der Waals surface area (Å²) >= 11 is 0. The van der Waals surface area contributed by atoms with E-state index in [1.165, 1.54) is 36.4 Å². The molecule has 1 aliphatic rings. The fourth-order valence-corrected chi connectivity index (χ4v) is 3.39. The number of carbonyl (C=O) groups excluding carboxylic acids is 2. The molecule has 0 spiro atoms. The van der Waals surface area contributed by atoms with E-state index >= 15 is 0 Å². The zero-order valence-electron chi connectivity index (χ0n) is 16.2. The van der Waals surface area contributed by atoms with Crippen LogP contribution >= 0.6 is 0 Å². The van der Waals surface area contributed by atoms with Crippen LogP contribution in [0.25, 0.3) is 0 Å². The molecule has 9 nitrogen and oxygen atoms in total. The van der Waals surface area contributed by atoms with E-state index in [9.17, 15) is 24.1 Å². The number of nitrogens with one attached hydrogen (secondary N) is 4. The Hall–Kier alpha value is -3.53. The third-order valence-corrected chi connectivity index (χ3v) is 4.92. The molecule has 1 heterocycles. The van der Waals surface area contributed by atoms with Gasteiger partial charge in [-0.2, -0.15) is 0 Å². The summed E-state index contributed by atoms with van der Waals surface area (Å²) in [6, 6.07) is 11.1. The number of hydrogen-bond donors (Lipinski definition) is 4. The van der Waals surface area contributed by atoms with Gasteiger partial charge in [-0.25, -0.2) is 9.18 Å². The van der Waals surface area contributed by atoms with Crippen molar-refractivity contribution in [1.29, 1.82) is 0 Å². The number of hydrogen-bond acceptors (Lipinski definition) is 4. The maximum absolute atomic E-state index is 12.9. The predicted molar refractivity (Wildman–Crippen MR) is 109 cm³/mol. The van der Waals surface area contributed by atoms with Gasteiger partial charge in [0.1, 0.15) is 11.5 Å². The molecule has 10 heteroatoms. The summed E-state index contributed by atoms with van der Waals surface area (Å²) in [5, 5.41) is 19.2. The number of benzene rings is 2. The van der Waals surface area contributed by atoms with E-state index in [2.05, 4.69) is 16.0 Å². The van der Waals surface area contributed by atoms with Gasteiger partial charge in [-0.05, 0) is 30.3 Å². The Bertz CT molecular complexity index is 914. The van der Waals surface area contributed by atoms with Crippen molar-refractivity contribution < 1.29 is 23.8 Å². The zero-order valence-corrected chi connectivity index (χ0v) is 16.2. The number of nitro benzene ring substituents is 1. The van der Waals surface area contributed by atoms with Crippen LogP contribution in [0.3, 0.4) is 0 Å². The number of likely N-dealkylation sites (tertiary alicyclic amines) is 1. The molecule has 158 valence electrons. The molecule has 1 saturated heterocycles. The summed E-state index contributed by atoms with van der Waals surface area (Å²) in [6.07, 6.45) is 1.40. The minimum Gasteiger partial charge on any atom is -0.335 e. The molecule has 0 saturated carbocycles. The van der Waals surface area contributed by atoms with E-state index in [0.717, 1.165) is 4.90 Å². The number of rotatable bonds is 6. The maximum atomic E-state index is 12.9. The molecule has 0 aromatic heterocycles. The van der Waals surface area contributed by atoms with E-state index in [0.29, 0.717) is 31.6 Å². The normalized spacial score (nSPS) is 18.3. The van der Waals surface area contributed by atoms with Crippen LogP contribution in [0.4, 0.5) is 26.2 Å². The van der Waals surface area contributed by atoms with E-state index in [1.807, 2.05) is 0 Å². The van der Waals surface area contributed by atoms with Crippen molar-refractivity contribution in [1.82, 2.24) is 5.32 Å². The topological polar surface area (TPSA) is 118 Å². The lowest BCUT2D eigenvalue weighted by Crippen LogP contribution is -3.14. The molecule has 0 unspecified atom stereocenters. The first-order valence-electron chi connectivity index (χ1n) is 9.60. The van der Waals surface area contributed by atoms with Gasteiger partial charge in [0.2, 0.25) is 0 Å². The monoisotopic (exact) mass is 416 g/mol. The fraction of sp³-hybridized carbons (Fsp3) is 0.300. The van der Waals surface area contributed by atoms with Crippen LogP contribution in [0.1, 0.15) is 12.8 Å². The third-order valence-electron chi connectivity index (χ3n) is 4.92. The average Bonchev–Trinajstić information content (AvgIpc) is 2.71. The summed E-state index contributed by atoms with van der Waals surface area (Å²) in [4.78, 5) is 35.9. The highest BCUT2D eigenvalue weighted by atomic mass is 19.1. The van der Waals surface area contributed by atoms with Crippen LogP contribution in [-0.2, 0) is 4.79 Å². The molecule has 3 rings (SSSR count). The van der Waals surface area contributed by atoms with Crippen LogP contribution in [-0.4, -0.2) is 42.5 Å². The first kappa shape index (κ1) is 21.2. The van der Waals surface area contributed by atoms with Crippen molar-refractivity contribution in [2.24, 2.45) is 0 Å². The van der Waals surface area contributed by atoms with Gasteiger partial charge in [0.25, 0.3) is 11.6 Å². The van der Waals surface area contributed by atoms with Crippen molar-refractivity contribution >= 4 is 29.0 Å². The van der Waals surface area contributed by atoms with Gasteiger partial charge in [-0.15, -0.1) is 0 Å². The van der Waals surface area contributed by atoms with Crippen molar-refractivity contribution in [2.45, 2.75) is 18.9 Å². The summed E-state index contributed by atoms with van der Waals surface area (Å²) in [6.45, 7) is 1.57. The molecule has 3 amide bonds. The number of amides is 3. The first-order valence-corrected chi connectivity index (χ1v) is 9.60. The van der Waals surface area contributed by atoms with Gasteiger partial charge in [-0.3, -0.25) is 14.9 Å². The summed E-state index contributed by atoms with van der Waals surface area (Å²) in [5.41, 5.74) is 0.542. The number of anilines is 2. The summed E-state index contributed by atoms with van der Waals surface area (Å²) in [7, 11) is 0. The standard InChI is InChI=1S/C20H22FN5O4/c21-14-5-7-15(8-6-14)22-20(28)23-16-9-11-25(12-10-16)13-19(27)24-17-3-1-2-4-18(17)26(29)30/h1-8,16H,9-13H2,(H,24,27)(H2,22,23,28)/p+1. The number of carbonyl (C=O) groups is 2. The molecule has 1 aliphatic heterocycles. The number of halogens is 1. The molecule has 0 atom stereocenters. The molecule has 2 aromatic rings. The van der Waals surface area contributed by atoms with Crippen LogP contribution in [0.5, 0.6) is 0 Å². The van der Waals surface area contributed by atoms with E-state index in [4.69, 9.17) is 0 Å². The molecule has 30 heavy (non-hydrogen) atoms. The number of urea groups is 1. The number of nitro groups is 1.